The van der Waals surface area contributed by atoms with Crippen molar-refractivity contribution in [3.63, 3.8) is 0 Å². The molecule has 1 saturated carbocycles. The molecule has 0 aromatic heterocycles. The van der Waals surface area contributed by atoms with Crippen LogP contribution in [0.5, 0.6) is 0 Å². The Morgan fingerprint density at radius 3 is 2.82 bits per heavy atom. The van der Waals surface area contributed by atoms with Gasteiger partial charge in [0, 0.05) is 18.6 Å². The molecule has 0 spiro atoms. The summed E-state index contributed by atoms with van der Waals surface area (Å²) in [4.78, 5) is 0. The van der Waals surface area contributed by atoms with E-state index < -0.39 is 0 Å². The van der Waals surface area contributed by atoms with Gasteiger partial charge < -0.3 is 10.4 Å². The van der Waals surface area contributed by atoms with Crippen LogP contribution in [0.2, 0.25) is 0 Å². The molecule has 1 aliphatic rings. The fourth-order valence-electron chi connectivity index (χ4n) is 2.52. The molecule has 1 fully saturated rings. The Morgan fingerprint density at radius 1 is 1.29 bits per heavy atom. The SMILES string of the molecule is N#Cc1ccccc1NC1CCCCC1CO. The maximum absolute atomic E-state index is 9.36. The normalized spacial score (nSPS) is 24.0. The van der Waals surface area contributed by atoms with Crippen molar-refractivity contribution >= 4 is 5.69 Å². The first kappa shape index (κ1) is 11.9. The Kier molecular flexibility index (Phi) is 4.00. The van der Waals surface area contributed by atoms with Crippen molar-refractivity contribution in [3.05, 3.63) is 29.8 Å². The quantitative estimate of drug-likeness (QED) is 0.839. The van der Waals surface area contributed by atoms with E-state index in [2.05, 4.69) is 11.4 Å². The Hall–Kier alpha value is -1.53. The van der Waals surface area contributed by atoms with Crippen molar-refractivity contribution < 1.29 is 5.11 Å². The molecule has 2 rings (SSSR count). The number of nitrogens with zero attached hydrogens (tertiary/aromatic N) is 1. The lowest BCUT2D eigenvalue weighted by Crippen LogP contribution is -2.34. The molecule has 2 unspecified atom stereocenters. The Bertz CT molecular complexity index is 411. The number of anilines is 1. The third-order valence-electron chi connectivity index (χ3n) is 3.53. The van der Waals surface area contributed by atoms with E-state index in [0.717, 1.165) is 18.5 Å². The molecule has 2 N–H and O–H groups in total. The van der Waals surface area contributed by atoms with Gasteiger partial charge >= 0.3 is 0 Å². The van der Waals surface area contributed by atoms with Crippen LogP contribution in [-0.2, 0) is 0 Å². The van der Waals surface area contributed by atoms with E-state index in [9.17, 15) is 5.11 Å². The molecule has 1 aliphatic carbocycles. The summed E-state index contributed by atoms with van der Waals surface area (Å²) in [6.45, 7) is 0.229. The fraction of sp³-hybridized carbons (Fsp3) is 0.500. The van der Waals surface area contributed by atoms with Crippen molar-refractivity contribution in [2.45, 2.75) is 31.7 Å². The van der Waals surface area contributed by atoms with Crippen LogP contribution in [0.3, 0.4) is 0 Å². The number of hydrogen-bond acceptors (Lipinski definition) is 3. The highest BCUT2D eigenvalue weighted by Crippen LogP contribution is 2.27. The average Bonchev–Trinajstić information content (AvgIpc) is 2.40. The predicted octanol–water partition coefficient (Wildman–Crippen LogP) is 2.52. The van der Waals surface area contributed by atoms with E-state index in [4.69, 9.17) is 5.26 Å². The number of aliphatic hydroxyl groups excluding tert-OH is 1. The van der Waals surface area contributed by atoms with Crippen LogP contribution in [0.15, 0.2) is 24.3 Å². The predicted molar refractivity (Wildman–Crippen MR) is 67.6 cm³/mol. The molecule has 0 radical (unpaired) electrons. The third-order valence-corrected chi connectivity index (χ3v) is 3.53. The number of rotatable bonds is 3. The summed E-state index contributed by atoms with van der Waals surface area (Å²) in [6, 6.07) is 10.0. The molecule has 17 heavy (non-hydrogen) atoms. The number of para-hydroxylation sites is 1. The van der Waals surface area contributed by atoms with Gasteiger partial charge in [-0.2, -0.15) is 5.26 Å². The fourth-order valence-corrected chi connectivity index (χ4v) is 2.52. The number of aliphatic hydroxyl groups is 1. The highest BCUT2D eigenvalue weighted by Gasteiger charge is 2.24. The summed E-state index contributed by atoms with van der Waals surface area (Å²) >= 11 is 0. The molecule has 0 bridgehead atoms. The zero-order valence-electron chi connectivity index (χ0n) is 9.89. The summed E-state index contributed by atoms with van der Waals surface area (Å²) in [7, 11) is 0. The summed E-state index contributed by atoms with van der Waals surface area (Å²) in [5.74, 6) is 0.315. The van der Waals surface area contributed by atoms with Crippen molar-refractivity contribution in [1.82, 2.24) is 0 Å². The van der Waals surface area contributed by atoms with E-state index in [1.54, 1.807) is 0 Å². The second kappa shape index (κ2) is 5.70. The van der Waals surface area contributed by atoms with Crippen LogP contribution in [-0.4, -0.2) is 17.8 Å². The van der Waals surface area contributed by atoms with Crippen LogP contribution < -0.4 is 5.32 Å². The first-order chi connectivity index (χ1) is 8.35. The van der Waals surface area contributed by atoms with Gasteiger partial charge in [0.1, 0.15) is 6.07 Å². The van der Waals surface area contributed by atoms with Crippen LogP contribution in [0.4, 0.5) is 5.69 Å². The molecule has 1 aromatic carbocycles. The molecular weight excluding hydrogens is 212 g/mol. The van der Waals surface area contributed by atoms with E-state index in [0.29, 0.717) is 17.5 Å². The van der Waals surface area contributed by atoms with Gasteiger partial charge in [-0.25, -0.2) is 0 Å². The first-order valence-corrected chi connectivity index (χ1v) is 6.21. The minimum Gasteiger partial charge on any atom is -0.396 e. The van der Waals surface area contributed by atoms with Crippen LogP contribution >= 0.6 is 0 Å². The second-order valence-electron chi connectivity index (χ2n) is 4.64. The lowest BCUT2D eigenvalue weighted by Gasteiger charge is -2.31. The average molecular weight is 230 g/mol. The Labute approximate surface area is 102 Å². The monoisotopic (exact) mass is 230 g/mol. The van der Waals surface area contributed by atoms with E-state index in [1.165, 1.54) is 12.8 Å². The van der Waals surface area contributed by atoms with Crippen molar-refractivity contribution in [2.75, 3.05) is 11.9 Å². The second-order valence-corrected chi connectivity index (χ2v) is 4.64. The standard InChI is InChI=1S/C14H18N2O/c15-9-11-5-1-3-7-13(11)16-14-8-4-2-6-12(14)10-17/h1,3,5,7,12,14,16-17H,2,4,6,8,10H2. The molecule has 0 aliphatic heterocycles. The zero-order valence-corrected chi connectivity index (χ0v) is 9.89. The molecule has 0 saturated heterocycles. The van der Waals surface area contributed by atoms with Gasteiger partial charge in [-0.1, -0.05) is 25.0 Å². The van der Waals surface area contributed by atoms with Crippen molar-refractivity contribution in [2.24, 2.45) is 5.92 Å². The number of benzene rings is 1. The molecule has 3 heteroatoms. The largest absolute Gasteiger partial charge is 0.396 e. The smallest absolute Gasteiger partial charge is 0.101 e. The molecule has 0 heterocycles. The van der Waals surface area contributed by atoms with Crippen molar-refractivity contribution in [1.29, 1.82) is 5.26 Å². The molecule has 3 nitrogen and oxygen atoms in total. The van der Waals surface area contributed by atoms with Gasteiger partial charge in [0.15, 0.2) is 0 Å². The van der Waals surface area contributed by atoms with Crippen LogP contribution in [0.1, 0.15) is 31.2 Å². The molecule has 0 amide bonds. The van der Waals surface area contributed by atoms with Crippen LogP contribution in [0.25, 0.3) is 0 Å². The Balaban J connectivity index is 2.11. The summed E-state index contributed by atoms with van der Waals surface area (Å²) < 4.78 is 0. The number of nitrogens with one attached hydrogen (secondary N) is 1. The molecule has 1 aromatic rings. The van der Waals surface area contributed by atoms with Crippen molar-refractivity contribution in [3.8, 4) is 6.07 Å². The minimum atomic E-state index is 0.229. The zero-order chi connectivity index (χ0) is 12.1. The minimum absolute atomic E-state index is 0.229. The first-order valence-electron chi connectivity index (χ1n) is 6.21. The lowest BCUT2D eigenvalue weighted by atomic mass is 9.85. The Morgan fingerprint density at radius 2 is 2.06 bits per heavy atom. The summed E-state index contributed by atoms with van der Waals surface area (Å²) in [5, 5.41) is 21.8. The maximum atomic E-state index is 9.36. The van der Waals surface area contributed by atoms with Gasteiger partial charge in [-0.3, -0.25) is 0 Å². The third kappa shape index (κ3) is 2.78. The number of nitriles is 1. The topological polar surface area (TPSA) is 56.0 Å². The van der Waals surface area contributed by atoms with Gasteiger partial charge in [-0.15, -0.1) is 0 Å². The van der Waals surface area contributed by atoms with Gasteiger partial charge in [0.25, 0.3) is 0 Å². The van der Waals surface area contributed by atoms with E-state index in [-0.39, 0.29) is 6.61 Å². The molecular formula is C14H18N2O. The summed E-state index contributed by atoms with van der Waals surface area (Å²) in [6.07, 6.45) is 4.54. The van der Waals surface area contributed by atoms with Gasteiger partial charge in [-0.05, 0) is 25.0 Å². The number of hydrogen-bond donors (Lipinski definition) is 2. The maximum Gasteiger partial charge on any atom is 0.101 e. The van der Waals surface area contributed by atoms with Gasteiger partial charge in [0.05, 0.1) is 11.3 Å². The van der Waals surface area contributed by atoms with Crippen LogP contribution in [0, 0.1) is 17.2 Å². The molecule has 90 valence electrons. The van der Waals surface area contributed by atoms with E-state index in [1.807, 2.05) is 24.3 Å². The highest BCUT2D eigenvalue weighted by molar-refractivity contribution is 5.57. The highest BCUT2D eigenvalue weighted by atomic mass is 16.3. The summed E-state index contributed by atoms with van der Waals surface area (Å²) in [5.41, 5.74) is 1.56. The van der Waals surface area contributed by atoms with Gasteiger partial charge in [0.2, 0.25) is 0 Å². The lowest BCUT2D eigenvalue weighted by molar-refractivity contribution is 0.178. The van der Waals surface area contributed by atoms with E-state index >= 15 is 0 Å². The molecule has 2 atom stereocenters.